The van der Waals surface area contributed by atoms with E-state index in [1.54, 1.807) is 7.11 Å². The van der Waals surface area contributed by atoms with E-state index in [2.05, 4.69) is 24.8 Å². The Labute approximate surface area is 112 Å². The molecular weight excluding hydrogens is 242 g/mol. The van der Waals surface area contributed by atoms with Crippen molar-refractivity contribution < 1.29 is 9.15 Å². The standard InChI is InChI=1S/C15H19NO3/c1-4-16(5-2)12-6-7-13-11(10-18-3)8-15(17)19-14(13)9-12/h6-9H,4-5,10H2,1-3H3. The van der Waals surface area contributed by atoms with Gasteiger partial charge in [0.1, 0.15) is 5.58 Å². The Morgan fingerprint density at radius 1 is 1.21 bits per heavy atom. The van der Waals surface area contributed by atoms with Gasteiger partial charge >= 0.3 is 5.63 Å². The van der Waals surface area contributed by atoms with E-state index in [1.165, 1.54) is 6.07 Å². The summed E-state index contributed by atoms with van der Waals surface area (Å²) in [5.41, 5.74) is 2.20. The van der Waals surface area contributed by atoms with E-state index >= 15 is 0 Å². The van der Waals surface area contributed by atoms with Gasteiger partial charge in [-0.2, -0.15) is 0 Å². The third-order valence-corrected chi connectivity index (χ3v) is 3.24. The van der Waals surface area contributed by atoms with Crippen LogP contribution in [0.2, 0.25) is 0 Å². The summed E-state index contributed by atoms with van der Waals surface area (Å²) in [5, 5.41) is 0.928. The van der Waals surface area contributed by atoms with Crippen LogP contribution in [0.1, 0.15) is 19.4 Å². The number of hydrogen-bond donors (Lipinski definition) is 0. The maximum Gasteiger partial charge on any atom is 0.336 e. The number of methoxy groups -OCH3 is 1. The highest BCUT2D eigenvalue weighted by molar-refractivity contribution is 5.83. The minimum atomic E-state index is -0.337. The van der Waals surface area contributed by atoms with Crippen LogP contribution < -0.4 is 10.5 Å². The molecule has 0 spiro atoms. The zero-order valence-corrected chi connectivity index (χ0v) is 11.6. The lowest BCUT2D eigenvalue weighted by Gasteiger charge is -2.21. The van der Waals surface area contributed by atoms with Gasteiger partial charge in [-0.3, -0.25) is 0 Å². The van der Waals surface area contributed by atoms with Gasteiger partial charge in [-0.05, 0) is 31.5 Å². The van der Waals surface area contributed by atoms with Crippen molar-refractivity contribution in [3.63, 3.8) is 0 Å². The van der Waals surface area contributed by atoms with Crippen molar-refractivity contribution in [3.05, 3.63) is 40.2 Å². The first-order valence-corrected chi connectivity index (χ1v) is 6.50. The van der Waals surface area contributed by atoms with Crippen LogP contribution in [0.4, 0.5) is 5.69 Å². The molecule has 0 bridgehead atoms. The van der Waals surface area contributed by atoms with Gasteiger partial charge in [0, 0.05) is 43.4 Å². The van der Waals surface area contributed by atoms with Crippen LogP contribution in [-0.4, -0.2) is 20.2 Å². The number of nitrogens with zero attached hydrogens (tertiary/aromatic N) is 1. The molecule has 0 N–H and O–H groups in total. The molecule has 0 radical (unpaired) electrons. The Morgan fingerprint density at radius 2 is 1.95 bits per heavy atom. The first-order valence-electron chi connectivity index (χ1n) is 6.50. The van der Waals surface area contributed by atoms with E-state index in [4.69, 9.17) is 9.15 Å². The van der Waals surface area contributed by atoms with Crippen LogP contribution in [0.25, 0.3) is 11.0 Å². The first kappa shape index (κ1) is 13.6. The lowest BCUT2D eigenvalue weighted by Crippen LogP contribution is -2.21. The Morgan fingerprint density at radius 3 is 2.58 bits per heavy atom. The molecular formula is C15H19NO3. The molecule has 0 atom stereocenters. The highest BCUT2D eigenvalue weighted by Crippen LogP contribution is 2.24. The predicted octanol–water partition coefficient (Wildman–Crippen LogP) is 2.79. The molecule has 0 aliphatic heterocycles. The summed E-state index contributed by atoms with van der Waals surface area (Å²) in [5.74, 6) is 0. The molecule has 2 rings (SSSR count). The van der Waals surface area contributed by atoms with Gasteiger partial charge in [0.2, 0.25) is 0 Å². The molecule has 4 heteroatoms. The molecule has 0 unspecified atom stereocenters. The number of anilines is 1. The average molecular weight is 261 g/mol. The molecule has 19 heavy (non-hydrogen) atoms. The van der Waals surface area contributed by atoms with Crippen molar-refractivity contribution in [1.82, 2.24) is 0 Å². The lowest BCUT2D eigenvalue weighted by molar-refractivity contribution is 0.185. The topological polar surface area (TPSA) is 42.7 Å². The summed E-state index contributed by atoms with van der Waals surface area (Å²) in [6.45, 7) is 6.46. The number of rotatable bonds is 5. The van der Waals surface area contributed by atoms with Crippen molar-refractivity contribution in [2.75, 3.05) is 25.1 Å². The van der Waals surface area contributed by atoms with Crippen LogP contribution in [0.3, 0.4) is 0 Å². The molecule has 1 aromatic carbocycles. The maximum absolute atomic E-state index is 11.6. The zero-order valence-electron chi connectivity index (χ0n) is 11.6. The molecule has 0 aliphatic carbocycles. The Balaban J connectivity index is 2.57. The van der Waals surface area contributed by atoms with E-state index in [0.29, 0.717) is 12.2 Å². The predicted molar refractivity (Wildman–Crippen MR) is 76.8 cm³/mol. The van der Waals surface area contributed by atoms with Crippen molar-refractivity contribution in [2.45, 2.75) is 20.5 Å². The van der Waals surface area contributed by atoms with Gasteiger partial charge in [0.15, 0.2) is 0 Å². The lowest BCUT2D eigenvalue weighted by atomic mass is 10.1. The van der Waals surface area contributed by atoms with Crippen molar-refractivity contribution in [3.8, 4) is 0 Å². The number of fused-ring (bicyclic) bond motifs is 1. The van der Waals surface area contributed by atoms with Crippen LogP contribution in [-0.2, 0) is 11.3 Å². The summed E-state index contributed by atoms with van der Waals surface area (Å²) < 4.78 is 10.4. The minimum absolute atomic E-state index is 0.337. The molecule has 1 aromatic heterocycles. The largest absolute Gasteiger partial charge is 0.423 e. The van der Waals surface area contributed by atoms with Gasteiger partial charge in [-0.1, -0.05) is 0 Å². The van der Waals surface area contributed by atoms with Crippen molar-refractivity contribution in [2.24, 2.45) is 0 Å². The summed E-state index contributed by atoms with van der Waals surface area (Å²) in [6, 6.07) is 7.45. The Bertz CT molecular complexity index is 614. The summed E-state index contributed by atoms with van der Waals surface area (Å²) in [6.07, 6.45) is 0. The fourth-order valence-electron chi connectivity index (χ4n) is 2.28. The number of benzene rings is 1. The fourth-order valence-corrected chi connectivity index (χ4v) is 2.28. The van der Waals surface area contributed by atoms with Crippen molar-refractivity contribution >= 4 is 16.7 Å². The highest BCUT2D eigenvalue weighted by Gasteiger charge is 2.08. The number of ether oxygens (including phenoxy) is 1. The SMILES string of the molecule is CCN(CC)c1ccc2c(COC)cc(=O)oc2c1. The monoisotopic (exact) mass is 261 g/mol. The summed E-state index contributed by atoms with van der Waals surface area (Å²) in [7, 11) is 1.62. The van der Waals surface area contributed by atoms with Gasteiger partial charge < -0.3 is 14.1 Å². The molecule has 102 valence electrons. The smallest absolute Gasteiger partial charge is 0.336 e. The molecule has 0 amide bonds. The highest BCUT2D eigenvalue weighted by atomic mass is 16.5. The maximum atomic E-state index is 11.6. The van der Waals surface area contributed by atoms with E-state index in [-0.39, 0.29) is 5.63 Å². The van der Waals surface area contributed by atoms with Crippen LogP contribution >= 0.6 is 0 Å². The van der Waals surface area contributed by atoms with E-state index in [1.807, 2.05) is 12.1 Å². The van der Waals surface area contributed by atoms with Gasteiger partial charge in [-0.25, -0.2) is 4.79 Å². The minimum Gasteiger partial charge on any atom is -0.423 e. The zero-order chi connectivity index (χ0) is 13.8. The van der Waals surface area contributed by atoms with Crippen LogP contribution in [0, 0.1) is 0 Å². The second kappa shape index (κ2) is 5.89. The van der Waals surface area contributed by atoms with E-state index < -0.39 is 0 Å². The summed E-state index contributed by atoms with van der Waals surface area (Å²) >= 11 is 0. The quantitative estimate of drug-likeness (QED) is 0.776. The Hall–Kier alpha value is -1.81. The third-order valence-electron chi connectivity index (χ3n) is 3.24. The second-order valence-corrected chi connectivity index (χ2v) is 4.38. The molecule has 0 aliphatic rings. The molecule has 0 fully saturated rings. The molecule has 4 nitrogen and oxygen atoms in total. The first-order chi connectivity index (χ1) is 9.19. The van der Waals surface area contributed by atoms with Gasteiger partial charge in [-0.15, -0.1) is 0 Å². The molecule has 0 saturated heterocycles. The normalized spacial score (nSPS) is 10.9. The van der Waals surface area contributed by atoms with Gasteiger partial charge in [0.05, 0.1) is 6.61 Å². The van der Waals surface area contributed by atoms with Crippen molar-refractivity contribution in [1.29, 1.82) is 0 Å². The Kier molecular flexibility index (Phi) is 4.22. The molecule has 0 saturated carbocycles. The fraction of sp³-hybridized carbons (Fsp3) is 0.400. The molecule has 2 aromatic rings. The van der Waals surface area contributed by atoms with Gasteiger partial charge in [0.25, 0.3) is 0 Å². The van der Waals surface area contributed by atoms with Crippen LogP contribution in [0.5, 0.6) is 0 Å². The number of hydrogen-bond acceptors (Lipinski definition) is 4. The summed E-state index contributed by atoms with van der Waals surface area (Å²) in [4.78, 5) is 13.8. The van der Waals surface area contributed by atoms with Crippen LogP contribution in [0.15, 0.2) is 33.5 Å². The molecule has 1 heterocycles. The van der Waals surface area contributed by atoms with E-state index in [0.717, 1.165) is 29.7 Å². The third kappa shape index (κ3) is 2.79. The second-order valence-electron chi connectivity index (χ2n) is 4.38. The average Bonchev–Trinajstić information content (AvgIpc) is 2.40. The van der Waals surface area contributed by atoms with E-state index in [9.17, 15) is 4.79 Å².